The van der Waals surface area contributed by atoms with Crippen LogP contribution >= 0.6 is 11.8 Å². The standard InChI is InChI=1S/C10H20N2OS/c1-4-9(7-14-3)12(2)10(13)11-8-5-6-8/h8-9H,4-7H2,1-3H3,(H,11,13). The lowest BCUT2D eigenvalue weighted by Crippen LogP contribution is -2.45. The second-order valence-electron chi connectivity index (χ2n) is 3.85. The SMILES string of the molecule is CCC(CSC)N(C)C(=O)NC1CC1. The highest BCUT2D eigenvalue weighted by atomic mass is 32.2. The fourth-order valence-electron chi connectivity index (χ4n) is 1.37. The van der Waals surface area contributed by atoms with Gasteiger partial charge in [0.2, 0.25) is 0 Å². The number of hydrogen-bond donors (Lipinski definition) is 1. The molecular weight excluding hydrogens is 196 g/mol. The molecule has 0 bridgehead atoms. The first-order valence-corrected chi connectivity index (χ1v) is 6.60. The van der Waals surface area contributed by atoms with Gasteiger partial charge < -0.3 is 10.2 Å². The van der Waals surface area contributed by atoms with Gasteiger partial charge in [0, 0.05) is 24.9 Å². The topological polar surface area (TPSA) is 32.3 Å². The quantitative estimate of drug-likeness (QED) is 0.761. The minimum absolute atomic E-state index is 0.0911. The van der Waals surface area contributed by atoms with E-state index in [1.54, 1.807) is 11.8 Å². The zero-order chi connectivity index (χ0) is 10.6. The van der Waals surface area contributed by atoms with Gasteiger partial charge in [0.25, 0.3) is 0 Å². The number of thioether (sulfide) groups is 1. The van der Waals surface area contributed by atoms with E-state index >= 15 is 0 Å². The maximum Gasteiger partial charge on any atom is 0.317 e. The van der Waals surface area contributed by atoms with E-state index in [1.807, 2.05) is 11.9 Å². The van der Waals surface area contributed by atoms with Gasteiger partial charge in [0.05, 0.1) is 0 Å². The van der Waals surface area contributed by atoms with Crippen molar-refractivity contribution in [3.63, 3.8) is 0 Å². The van der Waals surface area contributed by atoms with Gasteiger partial charge in [-0.3, -0.25) is 0 Å². The van der Waals surface area contributed by atoms with Gasteiger partial charge >= 0.3 is 6.03 Å². The summed E-state index contributed by atoms with van der Waals surface area (Å²) < 4.78 is 0. The predicted molar refractivity (Wildman–Crippen MR) is 61.8 cm³/mol. The number of nitrogens with zero attached hydrogens (tertiary/aromatic N) is 1. The number of carbonyl (C=O) groups excluding carboxylic acids is 1. The molecule has 0 aromatic carbocycles. The maximum atomic E-state index is 11.7. The summed E-state index contributed by atoms with van der Waals surface area (Å²) in [6, 6.07) is 0.911. The summed E-state index contributed by atoms with van der Waals surface area (Å²) in [6.07, 6.45) is 5.41. The third kappa shape index (κ3) is 3.40. The van der Waals surface area contributed by atoms with E-state index < -0.39 is 0 Å². The molecule has 2 amide bonds. The summed E-state index contributed by atoms with van der Waals surface area (Å²) in [5.41, 5.74) is 0. The van der Waals surface area contributed by atoms with Crippen LogP contribution in [0.15, 0.2) is 0 Å². The Hall–Kier alpha value is -0.380. The molecule has 82 valence electrons. The number of carbonyl (C=O) groups is 1. The van der Waals surface area contributed by atoms with Crippen molar-refractivity contribution in [3.8, 4) is 0 Å². The highest BCUT2D eigenvalue weighted by Gasteiger charge is 2.26. The van der Waals surface area contributed by atoms with Crippen LogP contribution in [0, 0.1) is 0 Å². The van der Waals surface area contributed by atoms with E-state index in [9.17, 15) is 4.79 Å². The Bertz CT molecular complexity index is 195. The first kappa shape index (κ1) is 11.7. The van der Waals surface area contributed by atoms with Crippen LogP contribution in [0.5, 0.6) is 0 Å². The zero-order valence-electron chi connectivity index (χ0n) is 9.25. The minimum Gasteiger partial charge on any atom is -0.335 e. The summed E-state index contributed by atoms with van der Waals surface area (Å²) in [6.45, 7) is 2.13. The van der Waals surface area contributed by atoms with Crippen molar-refractivity contribution >= 4 is 17.8 Å². The van der Waals surface area contributed by atoms with E-state index in [0.717, 1.165) is 25.0 Å². The molecule has 0 radical (unpaired) electrons. The molecule has 1 N–H and O–H groups in total. The molecule has 1 aliphatic carbocycles. The van der Waals surface area contributed by atoms with Crippen molar-refractivity contribution < 1.29 is 4.79 Å². The first-order chi connectivity index (χ1) is 6.69. The molecule has 1 rings (SSSR count). The van der Waals surface area contributed by atoms with Crippen molar-refractivity contribution in [2.45, 2.75) is 38.3 Å². The fourth-order valence-corrected chi connectivity index (χ4v) is 2.21. The molecule has 0 heterocycles. The van der Waals surface area contributed by atoms with E-state index in [4.69, 9.17) is 0 Å². The summed E-state index contributed by atoms with van der Waals surface area (Å²) in [7, 11) is 1.89. The Kier molecular flexibility index (Phi) is 4.58. The van der Waals surface area contributed by atoms with Crippen LogP contribution in [-0.2, 0) is 0 Å². The largest absolute Gasteiger partial charge is 0.335 e. The highest BCUT2D eigenvalue weighted by molar-refractivity contribution is 7.98. The molecule has 14 heavy (non-hydrogen) atoms. The predicted octanol–water partition coefficient (Wildman–Crippen LogP) is 1.93. The lowest BCUT2D eigenvalue weighted by molar-refractivity contribution is 0.193. The Labute approximate surface area is 90.6 Å². The van der Waals surface area contributed by atoms with Crippen molar-refractivity contribution in [2.24, 2.45) is 0 Å². The van der Waals surface area contributed by atoms with Crippen molar-refractivity contribution in [2.75, 3.05) is 19.1 Å². The molecule has 0 spiro atoms. The van der Waals surface area contributed by atoms with Crippen molar-refractivity contribution in [3.05, 3.63) is 0 Å². The van der Waals surface area contributed by atoms with Crippen LogP contribution < -0.4 is 5.32 Å². The van der Waals surface area contributed by atoms with E-state index in [0.29, 0.717) is 12.1 Å². The van der Waals surface area contributed by atoms with Crippen LogP contribution in [0.2, 0.25) is 0 Å². The number of rotatable bonds is 5. The second kappa shape index (κ2) is 5.49. The van der Waals surface area contributed by atoms with Crippen molar-refractivity contribution in [1.82, 2.24) is 10.2 Å². The normalized spacial score (nSPS) is 17.6. The molecule has 0 aromatic rings. The van der Waals surface area contributed by atoms with Crippen LogP contribution in [0.3, 0.4) is 0 Å². The maximum absolute atomic E-state index is 11.7. The molecule has 1 aliphatic rings. The van der Waals surface area contributed by atoms with E-state index in [2.05, 4.69) is 18.5 Å². The Morgan fingerprint density at radius 1 is 1.64 bits per heavy atom. The Morgan fingerprint density at radius 2 is 2.29 bits per heavy atom. The van der Waals surface area contributed by atoms with Gasteiger partial charge in [-0.2, -0.15) is 11.8 Å². The van der Waals surface area contributed by atoms with Crippen LogP contribution in [0.4, 0.5) is 4.79 Å². The molecule has 0 aliphatic heterocycles. The summed E-state index contributed by atoms with van der Waals surface area (Å²) in [5, 5.41) is 3.00. The lowest BCUT2D eigenvalue weighted by atomic mass is 10.2. The summed E-state index contributed by atoms with van der Waals surface area (Å²) >= 11 is 1.79. The molecule has 0 saturated heterocycles. The lowest BCUT2D eigenvalue weighted by Gasteiger charge is -2.26. The zero-order valence-corrected chi connectivity index (χ0v) is 10.1. The molecule has 1 unspecified atom stereocenters. The van der Waals surface area contributed by atoms with E-state index in [1.165, 1.54) is 0 Å². The third-order valence-corrected chi connectivity index (χ3v) is 3.32. The minimum atomic E-state index is 0.0911. The van der Waals surface area contributed by atoms with E-state index in [-0.39, 0.29) is 6.03 Å². The summed E-state index contributed by atoms with van der Waals surface area (Å²) in [5.74, 6) is 1.02. The number of urea groups is 1. The smallest absolute Gasteiger partial charge is 0.317 e. The molecule has 0 aromatic heterocycles. The molecule has 3 nitrogen and oxygen atoms in total. The van der Waals surface area contributed by atoms with Crippen LogP contribution in [0.25, 0.3) is 0 Å². The van der Waals surface area contributed by atoms with Gasteiger partial charge in [-0.1, -0.05) is 6.92 Å². The number of nitrogens with one attached hydrogen (secondary N) is 1. The van der Waals surface area contributed by atoms with Crippen molar-refractivity contribution in [1.29, 1.82) is 0 Å². The number of hydrogen-bond acceptors (Lipinski definition) is 2. The van der Waals surface area contributed by atoms with Gasteiger partial charge in [-0.15, -0.1) is 0 Å². The van der Waals surface area contributed by atoms with Crippen LogP contribution in [-0.4, -0.2) is 42.1 Å². The third-order valence-electron chi connectivity index (χ3n) is 2.60. The molecular formula is C10H20N2OS. The highest BCUT2D eigenvalue weighted by Crippen LogP contribution is 2.19. The van der Waals surface area contributed by atoms with Gasteiger partial charge in [0.1, 0.15) is 0 Å². The second-order valence-corrected chi connectivity index (χ2v) is 4.76. The molecule has 1 atom stereocenters. The first-order valence-electron chi connectivity index (χ1n) is 5.21. The Morgan fingerprint density at radius 3 is 2.71 bits per heavy atom. The van der Waals surface area contributed by atoms with Gasteiger partial charge in [-0.05, 0) is 25.5 Å². The van der Waals surface area contributed by atoms with Crippen LogP contribution in [0.1, 0.15) is 26.2 Å². The molecule has 4 heteroatoms. The van der Waals surface area contributed by atoms with Gasteiger partial charge in [0.15, 0.2) is 0 Å². The fraction of sp³-hybridized carbons (Fsp3) is 0.900. The monoisotopic (exact) mass is 216 g/mol. The number of amides is 2. The van der Waals surface area contributed by atoms with Gasteiger partial charge in [-0.25, -0.2) is 4.79 Å². The Balaban J connectivity index is 2.34. The summed E-state index contributed by atoms with van der Waals surface area (Å²) in [4.78, 5) is 13.5. The average molecular weight is 216 g/mol. The average Bonchev–Trinajstić information content (AvgIpc) is 2.96. The molecule has 1 fully saturated rings. The molecule has 1 saturated carbocycles.